The number of rotatable bonds is 11. The molecule has 0 fully saturated rings. The van der Waals surface area contributed by atoms with E-state index in [9.17, 15) is 15.0 Å². The fourth-order valence-electron chi connectivity index (χ4n) is 2.35. The Morgan fingerprint density at radius 1 is 1.05 bits per heavy atom. The molecule has 2 N–H and O–H groups in total. The summed E-state index contributed by atoms with van der Waals surface area (Å²) >= 11 is 0. The summed E-state index contributed by atoms with van der Waals surface area (Å²) in [6.07, 6.45) is 9.08. The highest BCUT2D eigenvalue weighted by Crippen LogP contribution is 2.28. The molecule has 0 heterocycles. The Morgan fingerprint density at radius 2 is 1.73 bits per heavy atom. The first-order valence-corrected chi connectivity index (χ1v) is 8.30. The summed E-state index contributed by atoms with van der Waals surface area (Å²) in [6.45, 7) is 2.43. The number of hydrogen-bond donors (Lipinski definition) is 2. The summed E-state index contributed by atoms with van der Waals surface area (Å²) in [5, 5.41) is 19.0. The molecule has 0 aliphatic carbocycles. The smallest absolute Gasteiger partial charge is 0.305 e. The maximum atomic E-state index is 11.6. The van der Waals surface area contributed by atoms with Crippen LogP contribution in [0.3, 0.4) is 0 Å². The Bertz CT molecular complexity index is 443. The summed E-state index contributed by atoms with van der Waals surface area (Å²) in [5.74, 6) is -0.467. The number of carbonyl (C=O) groups excluding carboxylic acids is 1. The number of benzene rings is 1. The van der Waals surface area contributed by atoms with Gasteiger partial charge in [0.2, 0.25) is 0 Å². The van der Waals surface area contributed by atoms with Crippen LogP contribution in [0, 0.1) is 0 Å². The number of para-hydroxylation sites is 1. The van der Waals surface area contributed by atoms with Crippen LogP contribution in [0.2, 0.25) is 0 Å². The van der Waals surface area contributed by atoms with Crippen molar-refractivity contribution in [3.63, 3.8) is 0 Å². The highest BCUT2D eigenvalue weighted by Gasteiger charge is 2.07. The van der Waals surface area contributed by atoms with Gasteiger partial charge in [0.25, 0.3) is 0 Å². The molecule has 124 valence electrons. The zero-order valence-electron chi connectivity index (χ0n) is 13.5. The number of aromatic hydroxyl groups is 2. The van der Waals surface area contributed by atoms with Crippen LogP contribution < -0.4 is 0 Å². The average molecular weight is 308 g/mol. The van der Waals surface area contributed by atoms with Gasteiger partial charge in [-0.15, -0.1) is 0 Å². The Morgan fingerprint density at radius 3 is 2.45 bits per heavy atom. The minimum atomic E-state index is -0.187. The number of esters is 1. The first-order chi connectivity index (χ1) is 10.6. The molecule has 0 saturated carbocycles. The van der Waals surface area contributed by atoms with E-state index < -0.39 is 0 Å². The van der Waals surface area contributed by atoms with E-state index in [1.807, 2.05) is 0 Å². The minimum Gasteiger partial charge on any atom is -0.504 e. The maximum Gasteiger partial charge on any atom is 0.305 e. The lowest BCUT2D eigenvalue weighted by atomic mass is 10.1. The van der Waals surface area contributed by atoms with Gasteiger partial charge in [-0.1, -0.05) is 57.6 Å². The van der Waals surface area contributed by atoms with Crippen LogP contribution in [0.1, 0.15) is 63.9 Å². The number of phenolic OH excluding ortho intramolecular Hbond substituents is 2. The highest BCUT2D eigenvalue weighted by atomic mass is 16.5. The van der Waals surface area contributed by atoms with Crippen molar-refractivity contribution in [2.75, 3.05) is 6.61 Å². The van der Waals surface area contributed by atoms with Gasteiger partial charge in [0.15, 0.2) is 11.5 Å². The van der Waals surface area contributed by atoms with Crippen LogP contribution >= 0.6 is 0 Å². The summed E-state index contributed by atoms with van der Waals surface area (Å²) in [4.78, 5) is 11.6. The number of unbranched alkanes of at least 4 members (excludes halogenated alkanes) is 6. The molecular weight excluding hydrogens is 280 g/mol. The van der Waals surface area contributed by atoms with E-state index >= 15 is 0 Å². The predicted molar refractivity (Wildman–Crippen MR) is 87.0 cm³/mol. The largest absolute Gasteiger partial charge is 0.504 e. The zero-order chi connectivity index (χ0) is 16.2. The lowest BCUT2D eigenvalue weighted by molar-refractivity contribution is -0.143. The first kappa shape index (κ1) is 18.3. The van der Waals surface area contributed by atoms with E-state index in [-0.39, 0.29) is 24.1 Å². The Hall–Kier alpha value is -1.71. The normalized spacial score (nSPS) is 10.6. The molecule has 0 atom stereocenters. The predicted octanol–water partition coefficient (Wildman–Crippen LogP) is 4.32. The Balaban J connectivity index is 2.07. The number of phenols is 2. The van der Waals surface area contributed by atoms with Crippen molar-refractivity contribution in [2.24, 2.45) is 0 Å². The van der Waals surface area contributed by atoms with Gasteiger partial charge in [-0.05, 0) is 12.5 Å². The van der Waals surface area contributed by atoms with Crippen molar-refractivity contribution < 1.29 is 19.7 Å². The fraction of sp³-hybridized carbons (Fsp3) is 0.611. The number of ether oxygens (including phenoxy) is 1. The Labute approximate surface area is 133 Å². The fourth-order valence-corrected chi connectivity index (χ4v) is 2.35. The van der Waals surface area contributed by atoms with Crippen molar-refractivity contribution in [1.82, 2.24) is 0 Å². The van der Waals surface area contributed by atoms with Crippen molar-refractivity contribution in [3.05, 3.63) is 23.8 Å². The molecule has 0 aromatic heterocycles. The van der Waals surface area contributed by atoms with Gasteiger partial charge >= 0.3 is 5.97 Å². The van der Waals surface area contributed by atoms with Crippen molar-refractivity contribution >= 4 is 5.97 Å². The number of carbonyl (C=O) groups is 1. The second kappa shape index (κ2) is 10.9. The minimum absolute atomic E-state index is 0.134. The van der Waals surface area contributed by atoms with E-state index in [1.165, 1.54) is 38.2 Å². The molecule has 4 heteroatoms. The van der Waals surface area contributed by atoms with E-state index in [0.717, 1.165) is 12.8 Å². The van der Waals surface area contributed by atoms with Crippen LogP contribution in [-0.2, 0) is 16.0 Å². The maximum absolute atomic E-state index is 11.6. The van der Waals surface area contributed by atoms with E-state index in [0.29, 0.717) is 18.4 Å². The molecule has 22 heavy (non-hydrogen) atoms. The van der Waals surface area contributed by atoms with Crippen molar-refractivity contribution in [3.8, 4) is 11.5 Å². The first-order valence-electron chi connectivity index (χ1n) is 8.30. The van der Waals surface area contributed by atoms with E-state index in [4.69, 9.17) is 4.74 Å². The van der Waals surface area contributed by atoms with Gasteiger partial charge in [0.05, 0.1) is 6.61 Å². The van der Waals surface area contributed by atoms with Crippen LogP contribution in [0.4, 0.5) is 0 Å². The molecule has 1 rings (SSSR count). The zero-order valence-corrected chi connectivity index (χ0v) is 13.5. The van der Waals surface area contributed by atoms with Crippen LogP contribution in [0.15, 0.2) is 18.2 Å². The molecule has 0 unspecified atom stereocenters. The molecule has 0 aliphatic heterocycles. The van der Waals surface area contributed by atoms with E-state index in [2.05, 4.69) is 6.92 Å². The van der Waals surface area contributed by atoms with Gasteiger partial charge in [-0.25, -0.2) is 0 Å². The van der Waals surface area contributed by atoms with Gasteiger partial charge < -0.3 is 14.9 Å². The molecule has 0 radical (unpaired) electrons. The van der Waals surface area contributed by atoms with Crippen LogP contribution in [0.5, 0.6) is 11.5 Å². The lowest BCUT2D eigenvalue weighted by Gasteiger charge is -2.07. The molecule has 0 saturated heterocycles. The molecule has 1 aromatic rings. The topological polar surface area (TPSA) is 66.8 Å². The summed E-state index contributed by atoms with van der Waals surface area (Å²) in [5.41, 5.74) is 0.587. The van der Waals surface area contributed by atoms with Gasteiger partial charge in [0, 0.05) is 18.4 Å². The number of hydrogen-bond acceptors (Lipinski definition) is 4. The lowest BCUT2D eigenvalue weighted by Crippen LogP contribution is -2.07. The molecule has 0 aliphatic rings. The van der Waals surface area contributed by atoms with Crippen LogP contribution in [-0.4, -0.2) is 22.8 Å². The summed E-state index contributed by atoms with van der Waals surface area (Å²) < 4.78 is 5.15. The molecule has 4 nitrogen and oxygen atoms in total. The van der Waals surface area contributed by atoms with Gasteiger partial charge in [-0.3, -0.25) is 4.79 Å². The second-order valence-corrected chi connectivity index (χ2v) is 5.63. The molecule has 0 bridgehead atoms. The second-order valence-electron chi connectivity index (χ2n) is 5.63. The van der Waals surface area contributed by atoms with Gasteiger partial charge in [0.1, 0.15) is 0 Å². The quantitative estimate of drug-likeness (QED) is 0.363. The highest BCUT2D eigenvalue weighted by molar-refractivity contribution is 5.69. The Kier molecular flexibility index (Phi) is 9.12. The standard InChI is InChI=1S/C18H28O4/c1-2-3-4-5-6-7-8-12-17(20)22-14-13-15-10-9-11-16(19)18(15)21/h9-11,19,21H,2-8,12-14H2,1H3. The average Bonchev–Trinajstić information content (AvgIpc) is 2.50. The monoisotopic (exact) mass is 308 g/mol. The molecule has 1 aromatic carbocycles. The molecular formula is C18H28O4. The third-order valence-corrected chi connectivity index (χ3v) is 3.72. The van der Waals surface area contributed by atoms with Crippen LogP contribution in [0.25, 0.3) is 0 Å². The van der Waals surface area contributed by atoms with E-state index in [1.54, 1.807) is 12.1 Å². The van der Waals surface area contributed by atoms with Crippen molar-refractivity contribution in [2.45, 2.75) is 64.7 Å². The third-order valence-electron chi connectivity index (χ3n) is 3.72. The molecule has 0 spiro atoms. The summed E-state index contributed by atoms with van der Waals surface area (Å²) in [6, 6.07) is 4.79. The SMILES string of the molecule is CCCCCCCCCC(=O)OCCc1cccc(O)c1O. The summed E-state index contributed by atoms with van der Waals surface area (Å²) in [7, 11) is 0. The van der Waals surface area contributed by atoms with Crippen molar-refractivity contribution in [1.29, 1.82) is 0 Å². The van der Waals surface area contributed by atoms with Gasteiger partial charge in [-0.2, -0.15) is 0 Å². The molecule has 0 amide bonds. The third kappa shape index (κ3) is 7.34.